The van der Waals surface area contributed by atoms with E-state index < -0.39 is 10.9 Å². The number of carbonyl (C=O) groups is 1. The number of aromatic carboxylic acids is 1. The molecule has 0 aliphatic heterocycles. The molecule has 9 heteroatoms. The lowest BCUT2D eigenvalue weighted by Gasteiger charge is -2.06. The number of halogens is 1. The van der Waals surface area contributed by atoms with Gasteiger partial charge in [0.25, 0.3) is 0 Å². The number of para-hydroxylation sites is 1. The highest BCUT2D eigenvalue weighted by Gasteiger charge is 2.19. The fourth-order valence-electron chi connectivity index (χ4n) is 1.31. The van der Waals surface area contributed by atoms with E-state index in [2.05, 4.69) is 25.9 Å². The Morgan fingerprint density at radius 3 is 2.55 bits per heavy atom. The van der Waals surface area contributed by atoms with Crippen LogP contribution >= 0.6 is 15.9 Å². The molecule has 102 valence electrons. The summed E-state index contributed by atoms with van der Waals surface area (Å²) >= 11 is 3.13. The maximum absolute atomic E-state index is 10.9. The first-order valence-corrected chi connectivity index (χ1v) is 5.94. The smallest absolute Gasteiger partial charge is 0.338 e. The van der Waals surface area contributed by atoms with E-state index in [1.165, 1.54) is 12.1 Å². The second-order valence-electron chi connectivity index (χ2n) is 3.51. The highest BCUT2D eigenvalue weighted by atomic mass is 79.9. The van der Waals surface area contributed by atoms with Gasteiger partial charge < -0.3 is 9.84 Å². The van der Waals surface area contributed by atoms with Crippen LogP contribution in [0.4, 0.5) is 5.69 Å². The summed E-state index contributed by atoms with van der Waals surface area (Å²) in [5.41, 5.74) is -0.371. The Hall–Kier alpha value is -2.55. The van der Waals surface area contributed by atoms with Crippen LogP contribution in [0.15, 0.2) is 35.1 Å². The van der Waals surface area contributed by atoms with E-state index in [-0.39, 0.29) is 23.0 Å². The number of hydrogen-bond acceptors (Lipinski definition) is 6. The van der Waals surface area contributed by atoms with Crippen molar-refractivity contribution in [2.45, 2.75) is 0 Å². The van der Waals surface area contributed by atoms with Crippen molar-refractivity contribution in [1.29, 1.82) is 0 Å². The summed E-state index contributed by atoms with van der Waals surface area (Å²) in [6, 6.07) is 4.13. The van der Waals surface area contributed by atoms with Crippen LogP contribution in [-0.4, -0.2) is 26.0 Å². The van der Waals surface area contributed by atoms with Gasteiger partial charge in [0.2, 0.25) is 5.75 Å². The first-order chi connectivity index (χ1) is 9.49. The lowest BCUT2D eigenvalue weighted by molar-refractivity contribution is -0.385. The van der Waals surface area contributed by atoms with E-state index in [0.29, 0.717) is 4.47 Å². The molecule has 0 fully saturated rings. The molecule has 0 aliphatic rings. The van der Waals surface area contributed by atoms with E-state index in [1.807, 2.05) is 0 Å². The summed E-state index contributed by atoms with van der Waals surface area (Å²) in [4.78, 5) is 28.3. The molecule has 0 saturated heterocycles. The number of ether oxygens (including phenoxy) is 1. The summed E-state index contributed by atoms with van der Waals surface area (Å²) in [6.07, 6.45) is 2.10. The molecule has 2 aromatic rings. The van der Waals surface area contributed by atoms with Gasteiger partial charge in [-0.3, -0.25) is 10.1 Å². The molecule has 0 radical (unpaired) electrons. The zero-order chi connectivity index (χ0) is 14.7. The van der Waals surface area contributed by atoms with Crippen LogP contribution < -0.4 is 4.74 Å². The van der Waals surface area contributed by atoms with Gasteiger partial charge >= 0.3 is 17.7 Å². The van der Waals surface area contributed by atoms with Gasteiger partial charge in [-0.15, -0.1) is 0 Å². The molecule has 0 bridgehead atoms. The van der Waals surface area contributed by atoms with Crippen molar-refractivity contribution < 1.29 is 19.6 Å². The Labute approximate surface area is 120 Å². The Morgan fingerprint density at radius 1 is 1.35 bits per heavy atom. The van der Waals surface area contributed by atoms with Crippen molar-refractivity contribution >= 4 is 27.6 Å². The molecule has 0 spiro atoms. The largest absolute Gasteiger partial charge is 0.478 e. The summed E-state index contributed by atoms with van der Waals surface area (Å²) in [6.45, 7) is 0. The van der Waals surface area contributed by atoms with Gasteiger partial charge in [0.15, 0.2) is 0 Å². The first kappa shape index (κ1) is 13.9. The molecule has 1 N–H and O–H groups in total. The summed E-state index contributed by atoms with van der Waals surface area (Å²) < 4.78 is 5.59. The molecule has 2 rings (SSSR count). The van der Waals surface area contributed by atoms with Crippen LogP contribution in [0.1, 0.15) is 10.4 Å². The van der Waals surface area contributed by atoms with Gasteiger partial charge in [-0.25, -0.2) is 14.8 Å². The lowest BCUT2D eigenvalue weighted by atomic mass is 10.3. The Morgan fingerprint density at radius 2 is 2.00 bits per heavy atom. The van der Waals surface area contributed by atoms with Crippen molar-refractivity contribution in [3.63, 3.8) is 0 Å². The summed E-state index contributed by atoms with van der Waals surface area (Å²) in [5, 5.41) is 19.6. The van der Waals surface area contributed by atoms with E-state index in [9.17, 15) is 14.9 Å². The normalized spacial score (nSPS) is 10.1. The van der Waals surface area contributed by atoms with Crippen molar-refractivity contribution in [2.24, 2.45) is 0 Å². The predicted molar refractivity (Wildman–Crippen MR) is 69.9 cm³/mol. The number of nitro benzene ring substituents is 1. The number of nitrogens with zero attached hydrogens (tertiary/aromatic N) is 3. The number of carboxylic acid groups (broad SMARTS) is 1. The van der Waals surface area contributed by atoms with E-state index >= 15 is 0 Å². The number of carboxylic acids is 1. The van der Waals surface area contributed by atoms with Crippen molar-refractivity contribution in [1.82, 2.24) is 9.97 Å². The molecule has 1 aromatic heterocycles. The zero-order valence-electron chi connectivity index (χ0n) is 9.69. The maximum atomic E-state index is 10.9. The van der Waals surface area contributed by atoms with Crippen molar-refractivity contribution in [3.8, 4) is 11.8 Å². The van der Waals surface area contributed by atoms with Crippen LogP contribution in [0.2, 0.25) is 0 Å². The molecule has 1 heterocycles. The molecular formula is C11H6BrN3O5. The fourth-order valence-corrected chi connectivity index (χ4v) is 1.75. The third-order valence-electron chi connectivity index (χ3n) is 2.21. The van der Waals surface area contributed by atoms with Gasteiger partial charge in [-0.05, 0) is 22.0 Å². The van der Waals surface area contributed by atoms with Gasteiger partial charge in [0.05, 0.1) is 15.0 Å². The highest BCUT2D eigenvalue weighted by Crippen LogP contribution is 2.36. The quantitative estimate of drug-likeness (QED) is 0.672. The monoisotopic (exact) mass is 339 g/mol. The van der Waals surface area contributed by atoms with Crippen LogP contribution in [0, 0.1) is 10.1 Å². The molecule has 1 aromatic carbocycles. The Bertz CT molecular complexity index is 674. The number of nitro groups is 1. The molecule has 0 atom stereocenters. The summed E-state index contributed by atoms with van der Waals surface area (Å²) in [7, 11) is 0. The third kappa shape index (κ3) is 2.88. The van der Waals surface area contributed by atoms with Crippen LogP contribution in [0.25, 0.3) is 0 Å². The molecule has 0 unspecified atom stereocenters. The van der Waals surface area contributed by atoms with Crippen LogP contribution in [0.3, 0.4) is 0 Å². The van der Waals surface area contributed by atoms with Crippen LogP contribution in [-0.2, 0) is 0 Å². The number of aromatic nitrogens is 2. The standard InChI is InChI=1S/C11H6BrN3O5/c12-7-2-1-3-8(15(18)19)9(7)20-11-13-4-6(5-14-11)10(16)17/h1-5H,(H,16,17). The minimum absolute atomic E-state index is 0.0550. The van der Waals surface area contributed by atoms with Gasteiger partial charge in [0, 0.05) is 18.5 Å². The third-order valence-corrected chi connectivity index (χ3v) is 2.84. The number of benzene rings is 1. The van der Waals surface area contributed by atoms with Crippen LogP contribution in [0.5, 0.6) is 11.8 Å². The minimum atomic E-state index is -1.18. The first-order valence-electron chi connectivity index (χ1n) is 5.15. The average molecular weight is 340 g/mol. The maximum Gasteiger partial charge on any atom is 0.338 e. The SMILES string of the molecule is O=C(O)c1cnc(Oc2c(Br)cccc2[N+](=O)[O-])nc1. The lowest BCUT2D eigenvalue weighted by Crippen LogP contribution is -2.01. The number of rotatable bonds is 4. The minimum Gasteiger partial charge on any atom is -0.478 e. The van der Waals surface area contributed by atoms with Gasteiger partial charge in [-0.2, -0.15) is 0 Å². The predicted octanol–water partition coefficient (Wildman–Crippen LogP) is 2.64. The topological polar surface area (TPSA) is 115 Å². The molecular weight excluding hydrogens is 334 g/mol. The number of hydrogen-bond donors (Lipinski definition) is 1. The second kappa shape index (κ2) is 5.61. The van der Waals surface area contributed by atoms with Crippen molar-refractivity contribution in [3.05, 3.63) is 50.7 Å². The summed E-state index contributed by atoms with van der Waals surface area (Å²) in [5.74, 6) is -1.23. The van der Waals surface area contributed by atoms with E-state index in [1.54, 1.807) is 6.07 Å². The van der Waals surface area contributed by atoms with Crippen molar-refractivity contribution in [2.75, 3.05) is 0 Å². The van der Waals surface area contributed by atoms with Gasteiger partial charge in [-0.1, -0.05) is 6.07 Å². The Kier molecular flexibility index (Phi) is 3.89. The second-order valence-corrected chi connectivity index (χ2v) is 4.36. The Balaban J connectivity index is 2.34. The molecule has 20 heavy (non-hydrogen) atoms. The molecule has 0 amide bonds. The van der Waals surface area contributed by atoms with E-state index in [4.69, 9.17) is 9.84 Å². The van der Waals surface area contributed by atoms with E-state index in [0.717, 1.165) is 12.4 Å². The average Bonchev–Trinajstić information content (AvgIpc) is 2.41. The van der Waals surface area contributed by atoms with Gasteiger partial charge in [0.1, 0.15) is 0 Å². The molecule has 8 nitrogen and oxygen atoms in total. The molecule has 0 aliphatic carbocycles. The zero-order valence-corrected chi connectivity index (χ0v) is 11.3. The fraction of sp³-hybridized carbons (Fsp3) is 0. The highest BCUT2D eigenvalue weighted by molar-refractivity contribution is 9.10. The molecule has 0 saturated carbocycles.